The summed E-state index contributed by atoms with van der Waals surface area (Å²) in [6.45, 7) is 1.46. The summed E-state index contributed by atoms with van der Waals surface area (Å²) in [5.74, 6) is -1.81. The summed E-state index contributed by atoms with van der Waals surface area (Å²) in [6.07, 6.45) is -4.81. The molecule has 0 spiro atoms. The number of Topliss-reactive ketones (excluding diaryl/α,β-unsaturated/α-hetero) is 1. The smallest absolute Gasteiger partial charge is 0.284 e. The van der Waals surface area contributed by atoms with Gasteiger partial charge in [0.05, 0.1) is 0 Å². The van der Waals surface area contributed by atoms with Gasteiger partial charge in [-0.1, -0.05) is 28.1 Å². The molecule has 0 N–H and O–H groups in total. The van der Waals surface area contributed by atoms with Gasteiger partial charge in [-0.05, 0) is 18.6 Å². The van der Waals surface area contributed by atoms with Crippen molar-refractivity contribution >= 4 is 21.7 Å². The van der Waals surface area contributed by atoms with Crippen molar-refractivity contribution in [1.82, 2.24) is 0 Å². The Bertz CT molecular complexity index is 371. The van der Waals surface area contributed by atoms with Crippen LogP contribution in [0.25, 0.3) is 0 Å². The first kappa shape index (κ1) is 11.2. The van der Waals surface area contributed by atoms with Crippen LogP contribution >= 0.6 is 15.9 Å². The molecule has 0 radical (unpaired) electrons. The molecule has 0 saturated heterocycles. The fraction of sp³-hybridized carbons (Fsp3) is 0.222. The Balaban J connectivity index is 3.21. The zero-order valence-electron chi connectivity index (χ0n) is 7.15. The molecule has 14 heavy (non-hydrogen) atoms. The van der Waals surface area contributed by atoms with E-state index in [1.807, 2.05) is 0 Å². The third-order valence-corrected chi connectivity index (χ3v) is 2.63. The lowest BCUT2D eigenvalue weighted by atomic mass is 10.0. The third-order valence-electron chi connectivity index (χ3n) is 1.77. The Kier molecular flexibility index (Phi) is 2.99. The number of hydrogen-bond donors (Lipinski definition) is 0. The first-order valence-corrected chi connectivity index (χ1v) is 4.50. The summed E-state index contributed by atoms with van der Waals surface area (Å²) in [6, 6.07) is 4.15. The van der Waals surface area contributed by atoms with Crippen molar-refractivity contribution in [1.29, 1.82) is 0 Å². The molecule has 76 valence electrons. The van der Waals surface area contributed by atoms with Gasteiger partial charge in [0.2, 0.25) is 0 Å². The normalized spacial score (nSPS) is 11.5. The van der Waals surface area contributed by atoms with E-state index in [1.165, 1.54) is 13.0 Å². The molecule has 0 aliphatic carbocycles. The molecule has 0 aliphatic heterocycles. The highest BCUT2D eigenvalue weighted by molar-refractivity contribution is 9.10. The highest BCUT2D eigenvalue weighted by Gasteiger charge is 2.40. The van der Waals surface area contributed by atoms with Crippen molar-refractivity contribution in [2.45, 2.75) is 13.1 Å². The van der Waals surface area contributed by atoms with Crippen molar-refractivity contribution in [2.24, 2.45) is 0 Å². The van der Waals surface area contributed by atoms with Crippen LogP contribution in [-0.2, 0) is 0 Å². The van der Waals surface area contributed by atoms with Crippen molar-refractivity contribution < 1.29 is 18.0 Å². The van der Waals surface area contributed by atoms with Crippen LogP contribution in [0.3, 0.4) is 0 Å². The van der Waals surface area contributed by atoms with Crippen molar-refractivity contribution in [3.63, 3.8) is 0 Å². The van der Waals surface area contributed by atoms with Crippen LogP contribution in [0.1, 0.15) is 15.9 Å². The summed E-state index contributed by atoms with van der Waals surface area (Å²) in [5, 5.41) is 0. The maximum Gasteiger partial charge on any atom is 0.454 e. The summed E-state index contributed by atoms with van der Waals surface area (Å²) in [4.78, 5) is 10.9. The second-order valence-corrected chi connectivity index (χ2v) is 3.59. The molecule has 1 rings (SSSR count). The minimum Gasteiger partial charge on any atom is -0.284 e. The summed E-state index contributed by atoms with van der Waals surface area (Å²) in [7, 11) is 0. The summed E-state index contributed by atoms with van der Waals surface area (Å²) >= 11 is 3.06. The number of halogens is 4. The van der Waals surface area contributed by atoms with Crippen LogP contribution in [0.5, 0.6) is 0 Å². The minimum absolute atomic E-state index is 0.301. The number of benzene rings is 1. The number of hydrogen-bond acceptors (Lipinski definition) is 1. The number of carbonyl (C=O) groups is 1. The van der Waals surface area contributed by atoms with Crippen LogP contribution < -0.4 is 0 Å². The molecule has 0 heterocycles. The highest BCUT2D eigenvalue weighted by Crippen LogP contribution is 2.26. The first-order valence-electron chi connectivity index (χ1n) is 3.70. The fourth-order valence-corrected chi connectivity index (χ4v) is 1.37. The van der Waals surface area contributed by atoms with E-state index in [0.717, 1.165) is 6.07 Å². The number of alkyl halides is 3. The average molecular weight is 267 g/mol. The van der Waals surface area contributed by atoms with E-state index in [1.54, 1.807) is 6.07 Å². The van der Waals surface area contributed by atoms with Crippen LogP contribution in [-0.4, -0.2) is 12.0 Å². The molecular weight excluding hydrogens is 261 g/mol. The van der Waals surface area contributed by atoms with Gasteiger partial charge < -0.3 is 0 Å². The molecule has 5 heteroatoms. The standard InChI is InChI=1S/C9H6BrF3O/c1-5-6(3-2-4-7(5)10)8(14)9(11,12)13/h2-4H,1H3. The van der Waals surface area contributed by atoms with Crippen molar-refractivity contribution in [3.8, 4) is 0 Å². The van der Waals surface area contributed by atoms with Crippen LogP contribution in [0.2, 0.25) is 0 Å². The lowest BCUT2D eigenvalue weighted by Gasteiger charge is -2.08. The van der Waals surface area contributed by atoms with Gasteiger partial charge in [0.25, 0.3) is 5.78 Å². The first-order chi connectivity index (χ1) is 6.34. The Morgan fingerprint density at radius 3 is 2.43 bits per heavy atom. The second-order valence-electron chi connectivity index (χ2n) is 2.74. The van der Waals surface area contributed by atoms with Gasteiger partial charge in [0.15, 0.2) is 0 Å². The Labute approximate surface area is 87.1 Å². The SMILES string of the molecule is Cc1c(Br)cccc1C(=O)C(F)(F)F. The van der Waals surface area contributed by atoms with Crippen LogP contribution in [0.4, 0.5) is 13.2 Å². The van der Waals surface area contributed by atoms with E-state index >= 15 is 0 Å². The monoisotopic (exact) mass is 266 g/mol. The fourth-order valence-electron chi connectivity index (χ4n) is 1.01. The molecule has 0 unspecified atom stereocenters. The van der Waals surface area contributed by atoms with Gasteiger partial charge in [-0.15, -0.1) is 0 Å². The zero-order chi connectivity index (χ0) is 10.9. The number of carbonyl (C=O) groups excluding carboxylic acids is 1. The van der Waals surface area contributed by atoms with Gasteiger partial charge >= 0.3 is 6.18 Å². The average Bonchev–Trinajstić information content (AvgIpc) is 2.07. The maximum absolute atomic E-state index is 12.1. The van der Waals surface area contributed by atoms with E-state index in [-0.39, 0.29) is 5.56 Å². The predicted molar refractivity (Wildman–Crippen MR) is 49.3 cm³/mol. The molecule has 0 saturated carbocycles. The Morgan fingerprint density at radius 1 is 1.36 bits per heavy atom. The molecule has 0 amide bonds. The van der Waals surface area contributed by atoms with E-state index < -0.39 is 12.0 Å². The van der Waals surface area contributed by atoms with E-state index in [9.17, 15) is 18.0 Å². The number of rotatable bonds is 1. The van der Waals surface area contributed by atoms with E-state index in [4.69, 9.17) is 0 Å². The van der Waals surface area contributed by atoms with E-state index in [2.05, 4.69) is 15.9 Å². The van der Waals surface area contributed by atoms with Gasteiger partial charge in [-0.3, -0.25) is 4.79 Å². The lowest BCUT2D eigenvalue weighted by Crippen LogP contribution is -2.23. The van der Waals surface area contributed by atoms with Gasteiger partial charge in [0, 0.05) is 10.0 Å². The molecular formula is C9H6BrF3O. The zero-order valence-corrected chi connectivity index (χ0v) is 8.74. The molecule has 1 nitrogen and oxygen atoms in total. The second kappa shape index (κ2) is 3.73. The molecule has 0 fully saturated rings. The molecule has 0 aliphatic rings. The highest BCUT2D eigenvalue weighted by atomic mass is 79.9. The van der Waals surface area contributed by atoms with Crippen LogP contribution in [0, 0.1) is 6.92 Å². The van der Waals surface area contributed by atoms with Gasteiger partial charge in [0.1, 0.15) is 0 Å². The molecule has 0 atom stereocenters. The van der Waals surface area contributed by atoms with Crippen molar-refractivity contribution in [3.05, 3.63) is 33.8 Å². The molecule has 1 aromatic carbocycles. The number of ketones is 1. The molecule has 1 aromatic rings. The summed E-state index contributed by atoms with van der Waals surface area (Å²) in [5.41, 5.74) is -0.0123. The van der Waals surface area contributed by atoms with Crippen molar-refractivity contribution in [2.75, 3.05) is 0 Å². The van der Waals surface area contributed by atoms with Crippen LogP contribution in [0.15, 0.2) is 22.7 Å². The predicted octanol–water partition coefficient (Wildman–Crippen LogP) is 3.50. The Morgan fingerprint density at radius 2 is 1.93 bits per heavy atom. The largest absolute Gasteiger partial charge is 0.454 e. The quantitative estimate of drug-likeness (QED) is 0.711. The van der Waals surface area contributed by atoms with Gasteiger partial charge in [-0.25, -0.2) is 0 Å². The lowest BCUT2D eigenvalue weighted by molar-refractivity contribution is -0.0885. The minimum atomic E-state index is -4.81. The molecule has 0 bridgehead atoms. The van der Waals surface area contributed by atoms with Gasteiger partial charge in [-0.2, -0.15) is 13.2 Å². The Hall–Kier alpha value is -0.840. The molecule has 0 aromatic heterocycles. The third kappa shape index (κ3) is 2.15. The maximum atomic E-state index is 12.1. The van der Waals surface area contributed by atoms with E-state index in [0.29, 0.717) is 10.0 Å². The summed E-state index contributed by atoms with van der Waals surface area (Å²) < 4.78 is 36.7. The topological polar surface area (TPSA) is 17.1 Å².